The number of hydrogen-bond acceptors (Lipinski definition) is 2. The highest BCUT2D eigenvalue weighted by Gasteiger charge is 2.11. The summed E-state index contributed by atoms with van der Waals surface area (Å²) in [6.07, 6.45) is 3.52. The Balaban J connectivity index is 2.25. The van der Waals surface area contributed by atoms with Gasteiger partial charge in [-0.25, -0.2) is 0 Å². The number of para-hydroxylation sites is 1. The van der Waals surface area contributed by atoms with Crippen LogP contribution >= 0.6 is 11.6 Å². The summed E-state index contributed by atoms with van der Waals surface area (Å²) in [5.74, 6) is 0. The second-order valence-corrected chi connectivity index (χ2v) is 6.83. The molecule has 25 heavy (non-hydrogen) atoms. The molecule has 0 fully saturated rings. The number of hydrogen-bond donors (Lipinski definition) is 1. The topological polar surface area (TPSA) is 15.3 Å². The van der Waals surface area contributed by atoms with Crippen LogP contribution in [0.2, 0.25) is 5.02 Å². The van der Waals surface area contributed by atoms with Crippen LogP contribution in [0.25, 0.3) is 5.70 Å². The average molecular weight is 357 g/mol. The van der Waals surface area contributed by atoms with E-state index in [0.717, 1.165) is 41.5 Å². The van der Waals surface area contributed by atoms with Gasteiger partial charge in [-0.2, -0.15) is 0 Å². The molecule has 0 aliphatic rings. The lowest BCUT2D eigenvalue weighted by Gasteiger charge is -2.25. The molecule has 0 bridgehead atoms. The van der Waals surface area contributed by atoms with Crippen molar-refractivity contribution in [3.05, 3.63) is 65.2 Å². The van der Waals surface area contributed by atoms with Gasteiger partial charge in [0.2, 0.25) is 0 Å². The fraction of sp³-hybridized carbons (Fsp3) is 0.364. The summed E-state index contributed by atoms with van der Waals surface area (Å²) >= 11 is 6.46. The summed E-state index contributed by atoms with van der Waals surface area (Å²) in [5.41, 5.74) is 5.24. The van der Waals surface area contributed by atoms with Gasteiger partial charge in [0.1, 0.15) is 0 Å². The Kier molecular flexibility index (Phi) is 7.39. The maximum Gasteiger partial charge on any atom is 0.0500 e. The minimum absolute atomic E-state index is 0.724. The van der Waals surface area contributed by atoms with Gasteiger partial charge in [-0.1, -0.05) is 56.6 Å². The van der Waals surface area contributed by atoms with Gasteiger partial charge in [0.25, 0.3) is 0 Å². The number of halogens is 1. The van der Waals surface area contributed by atoms with E-state index in [0.29, 0.717) is 0 Å². The molecular formula is C22H29ClN2. The molecule has 134 valence electrons. The first-order valence-electron chi connectivity index (χ1n) is 9.13. The van der Waals surface area contributed by atoms with Gasteiger partial charge < -0.3 is 10.2 Å². The predicted molar refractivity (Wildman–Crippen MR) is 113 cm³/mol. The highest BCUT2D eigenvalue weighted by molar-refractivity contribution is 6.32. The molecular weight excluding hydrogens is 328 g/mol. The van der Waals surface area contributed by atoms with Gasteiger partial charge in [-0.05, 0) is 49.6 Å². The smallest absolute Gasteiger partial charge is 0.0500 e. The second kappa shape index (κ2) is 9.53. The third-order valence-electron chi connectivity index (χ3n) is 4.35. The Morgan fingerprint density at radius 1 is 1.08 bits per heavy atom. The van der Waals surface area contributed by atoms with Crippen molar-refractivity contribution >= 4 is 28.7 Å². The molecule has 2 aromatic carbocycles. The zero-order valence-electron chi connectivity index (χ0n) is 15.6. The van der Waals surface area contributed by atoms with Crippen molar-refractivity contribution in [3.8, 4) is 0 Å². The number of nitrogens with zero attached hydrogens (tertiary/aromatic N) is 1. The van der Waals surface area contributed by atoms with Crippen LogP contribution in [0, 0.1) is 6.92 Å². The first-order valence-corrected chi connectivity index (χ1v) is 9.51. The van der Waals surface area contributed by atoms with Crippen LogP contribution in [-0.4, -0.2) is 13.1 Å². The van der Waals surface area contributed by atoms with E-state index in [1.54, 1.807) is 0 Å². The van der Waals surface area contributed by atoms with Crippen LogP contribution in [0.4, 0.5) is 11.4 Å². The predicted octanol–water partition coefficient (Wildman–Crippen LogP) is 6.75. The molecule has 0 radical (unpaired) electrons. The van der Waals surface area contributed by atoms with Gasteiger partial charge in [0.15, 0.2) is 0 Å². The molecule has 0 spiro atoms. The molecule has 0 saturated carbocycles. The van der Waals surface area contributed by atoms with Gasteiger partial charge in [0.05, 0.1) is 5.02 Å². The lowest BCUT2D eigenvalue weighted by Crippen LogP contribution is -2.25. The molecule has 0 amide bonds. The molecule has 2 aromatic rings. The van der Waals surface area contributed by atoms with E-state index in [2.05, 4.69) is 61.8 Å². The number of nitrogens with one attached hydrogen (secondary N) is 1. The van der Waals surface area contributed by atoms with Crippen molar-refractivity contribution in [2.75, 3.05) is 23.3 Å². The number of benzene rings is 2. The standard InChI is InChI=1S/C22H29ClN2/c1-5-7-15-25(14-6-2)19-12-13-21(23)20(16-19)18(4)24-22-11-9-8-10-17(22)3/h8-13,16,24H,4-7,14-15H2,1-3H3. The van der Waals surface area contributed by atoms with Gasteiger partial charge in [-0.3, -0.25) is 0 Å². The van der Waals surface area contributed by atoms with Crippen molar-refractivity contribution in [3.63, 3.8) is 0 Å². The second-order valence-electron chi connectivity index (χ2n) is 6.42. The minimum Gasteiger partial charge on any atom is -0.372 e. The fourth-order valence-electron chi connectivity index (χ4n) is 2.87. The Bertz CT molecular complexity index is 709. The van der Waals surface area contributed by atoms with Gasteiger partial charge in [0, 0.05) is 35.7 Å². The van der Waals surface area contributed by atoms with E-state index in [4.69, 9.17) is 11.6 Å². The molecule has 0 unspecified atom stereocenters. The zero-order valence-corrected chi connectivity index (χ0v) is 16.4. The van der Waals surface area contributed by atoms with Crippen LogP contribution in [0.1, 0.15) is 44.2 Å². The monoisotopic (exact) mass is 356 g/mol. The van der Waals surface area contributed by atoms with Crippen LogP contribution in [-0.2, 0) is 0 Å². The lowest BCUT2D eigenvalue weighted by atomic mass is 10.1. The van der Waals surface area contributed by atoms with Gasteiger partial charge in [-0.15, -0.1) is 0 Å². The molecule has 0 atom stereocenters. The SMILES string of the molecule is C=C(Nc1ccccc1C)c1cc(N(CCC)CCCC)ccc1Cl. The molecule has 3 heteroatoms. The van der Waals surface area contributed by atoms with E-state index >= 15 is 0 Å². The quantitative estimate of drug-likeness (QED) is 0.534. The van der Waals surface area contributed by atoms with E-state index in [1.807, 2.05) is 18.2 Å². The van der Waals surface area contributed by atoms with Crippen LogP contribution in [0.3, 0.4) is 0 Å². The van der Waals surface area contributed by atoms with E-state index in [-0.39, 0.29) is 0 Å². The number of anilines is 2. The van der Waals surface area contributed by atoms with Crippen LogP contribution in [0.5, 0.6) is 0 Å². The van der Waals surface area contributed by atoms with E-state index in [9.17, 15) is 0 Å². The summed E-state index contributed by atoms with van der Waals surface area (Å²) in [7, 11) is 0. The Morgan fingerprint density at radius 3 is 2.52 bits per heavy atom. The summed E-state index contributed by atoms with van der Waals surface area (Å²) in [6, 6.07) is 14.4. The molecule has 0 aromatic heterocycles. The van der Waals surface area contributed by atoms with Crippen molar-refractivity contribution in [1.82, 2.24) is 0 Å². The molecule has 2 rings (SSSR count). The summed E-state index contributed by atoms with van der Waals surface area (Å²) in [5, 5.41) is 4.14. The van der Waals surface area contributed by atoms with Crippen molar-refractivity contribution < 1.29 is 0 Å². The average Bonchev–Trinajstić information content (AvgIpc) is 2.61. The van der Waals surface area contributed by atoms with Gasteiger partial charge >= 0.3 is 0 Å². The van der Waals surface area contributed by atoms with Crippen molar-refractivity contribution in [2.24, 2.45) is 0 Å². The zero-order chi connectivity index (χ0) is 18.2. The largest absolute Gasteiger partial charge is 0.372 e. The van der Waals surface area contributed by atoms with E-state index < -0.39 is 0 Å². The summed E-state index contributed by atoms with van der Waals surface area (Å²) in [4.78, 5) is 2.43. The van der Waals surface area contributed by atoms with Crippen molar-refractivity contribution in [2.45, 2.75) is 40.0 Å². The molecule has 0 aliphatic heterocycles. The Morgan fingerprint density at radius 2 is 1.84 bits per heavy atom. The van der Waals surface area contributed by atoms with E-state index in [1.165, 1.54) is 24.1 Å². The third kappa shape index (κ3) is 5.27. The lowest BCUT2D eigenvalue weighted by molar-refractivity contribution is 0.704. The first-order chi connectivity index (χ1) is 12.1. The maximum absolute atomic E-state index is 6.46. The Labute approximate surface area is 157 Å². The first kappa shape index (κ1) is 19.4. The molecule has 0 aliphatic carbocycles. The molecule has 0 heterocycles. The number of unbranched alkanes of at least 4 members (excludes halogenated alkanes) is 1. The normalized spacial score (nSPS) is 10.6. The highest BCUT2D eigenvalue weighted by atomic mass is 35.5. The van der Waals surface area contributed by atoms with Crippen LogP contribution in [0.15, 0.2) is 49.0 Å². The fourth-order valence-corrected chi connectivity index (χ4v) is 3.10. The maximum atomic E-state index is 6.46. The van der Waals surface area contributed by atoms with Crippen molar-refractivity contribution in [1.29, 1.82) is 0 Å². The number of aryl methyl sites for hydroxylation is 1. The molecule has 0 saturated heterocycles. The third-order valence-corrected chi connectivity index (χ3v) is 4.68. The molecule has 1 N–H and O–H groups in total. The summed E-state index contributed by atoms with van der Waals surface area (Å²) in [6.45, 7) is 12.9. The Hall–Kier alpha value is -1.93. The van der Waals surface area contributed by atoms with Crippen LogP contribution < -0.4 is 10.2 Å². The summed E-state index contributed by atoms with van der Waals surface area (Å²) < 4.78 is 0. The number of rotatable bonds is 9. The highest BCUT2D eigenvalue weighted by Crippen LogP contribution is 2.30. The minimum atomic E-state index is 0.724. The molecule has 2 nitrogen and oxygen atoms in total.